The van der Waals surface area contributed by atoms with E-state index >= 15 is 0 Å². The molecule has 0 spiro atoms. The lowest BCUT2D eigenvalue weighted by Gasteiger charge is -2.12. The number of carbonyl (C=O) groups is 1. The third-order valence-electron chi connectivity index (χ3n) is 1.84. The van der Waals surface area contributed by atoms with Crippen LogP contribution in [0.15, 0.2) is 5.16 Å². The monoisotopic (exact) mass is 172 g/mol. The molecule has 0 aromatic rings. The molecule has 1 saturated heterocycles. The van der Waals surface area contributed by atoms with Crippen molar-refractivity contribution >= 4 is 11.6 Å². The second-order valence-electron chi connectivity index (χ2n) is 2.58. The summed E-state index contributed by atoms with van der Waals surface area (Å²) in [6, 6.07) is 0. The van der Waals surface area contributed by atoms with Crippen LogP contribution in [0.5, 0.6) is 0 Å². The van der Waals surface area contributed by atoms with Crippen LogP contribution in [0.4, 0.5) is 0 Å². The topological polar surface area (TPSA) is 62.1 Å². The smallest absolute Gasteiger partial charge is 0.271 e. The van der Waals surface area contributed by atoms with Gasteiger partial charge in [-0.1, -0.05) is 5.16 Å². The van der Waals surface area contributed by atoms with Crippen molar-refractivity contribution in [2.24, 2.45) is 5.16 Å². The summed E-state index contributed by atoms with van der Waals surface area (Å²) in [4.78, 5) is 12.8. The first-order valence-electron chi connectivity index (χ1n) is 3.78. The van der Waals surface area contributed by atoms with Crippen LogP contribution in [0.25, 0.3) is 0 Å². The highest BCUT2D eigenvalue weighted by atomic mass is 16.5. The molecular weight excluding hydrogens is 160 g/mol. The minimum atomic E-state index is -0.186. The summed E-state index contributed by atoms with van der Waals surface area (Å²) >= 11 is 0. The van der Waals surface area contributed by atoms with Gasteiger partial charge in [-0.2, -0.15) is 0 Å². The van der Waals surface area contributed by atoms with Crippen LogP contribution >= 0.6 is 0 Å². The van der Waals surface area contributed by atoms with Gasteiger partial charge < -0.3 is 14.8 Å². The molecule has 1 amide bonds. The Hall–Kier alpha value is -1.10. The van der Waals surface area contributed by atoms with Gasteiger partial charge >= 0.3 is 0 Å². The van der Waals surface area contributed by atoms with Gasteiger partial charge in [-0.25, -0.2) is 0 Å². The fourth-order valence-electron chi connectivity index (χ4n) is 1.14. The Morgan fingerprint density at radius 3 is 3.00 bits per heavy atom. The number of amides is 1. The van der Waals surface area contributed by atoms with Crippen LogP contribution in [-0.2, 0) is 9.53 Å². The second kappa shape index (κ2) is 4.06. The number of hydrogen-bond acceptors (Lipinski definition) is 4. The van der Waals surface area contributed by atoms with Crippen LogP contribution in [-0.4, -0.2) is 48.5 Å². The second-order valence-corrected chi connectivity index (χ2v) is 2.58. The fraction of sp³-hybridized carbons (Fsp3) is 0.714. The Labute approximate surface area is 70.6 Å². The molecule has 5 nitrogen and oxygen atoms in total. The molecule has 5 heteroatoms. The van der Waals surface area contributed by atoms with Crippen molar-refractivity contribution in [3.05, 3.63) is 0 Å². The molecule has 0 aliphatic carbocycles. The first-order valence-corrected chi connectivity index (χ1v) is 3.78. The Bertz CT molecular complexity index is 203. The summed E-state index contributed by atoms with van der Waals surface area (Å²) < 4.78 is 4.82. The number of oxime groups is 1. The summed E-state index contributed by atoms with van der Waals surface area (Å²) in [7, 11) is 1.58. The molecule has 0 aromatic carbocycles. The van der Waals surface area contributed by atoms with Crippen LogP contribution in [0.2, 0.25) is 0 Å². The summed E-state index contributed by atoms with van der Waals surface area (Å²) in [5.74, 6) is -0.186. The Morgan fingerprint density at radius 1 is 1.75 bits per heavy atom. The van der Waals surface area contributed by atoms with Crippen LogP contribution in [0.3, 0.4) is 0 Å². The molecular formula is C7H12N2O3. The Morgan fingerprint density at radius 2 is 2.50 bits per heavy atom. The first kappa shape index (κ1) is 8.99. The van der Waals surface area contributed by atoms with Gasteiger partial charge in [0.2, 0.25) is 0 Å². The van der Waals surface area contributed by atoms with E-state index in [0.29, 0.717) is 26.1 Å². The molecule has 12 heavy (non-hydrogen) atoms. The lowest BCUT2D eigenvalue weighted by atomic mass is 10.3. The van der Waals surface area contributed by atoms with Crippen molar-refractivity contribution in [1.29, 1.82) is 0 Å². The zero-order valence-electron chi connectivity index (χ0n) is 6.99. The van der Waals surface area contributed by atoms with E-state index in [0.717, 1.165) is 0 Å². The van der Waals surface area contributed by atoms with Gasteiger partial charge in [0.15, 0.2) is 0 Å². The van der Waals surface area contributed by atoms with E-state index in [9.17, 15) is 4.79 Å². The molecule has 1 aliphatic rings. The number of nitrogens with zero attached hydrogens (tertiary/aromatic N) is 2. The van der Waals surface area contributed by atoms with Crippen LogP contribution in [0.1, 0.15) is 6.42 Å². The van der Waals surface area contributed by atoms with Crippen molar-refractivity contribution in [3.8, 4) is 0 Å². The number of carbonyl (C=O) groups excluding carboxylic acids is 1. The highest BCUT2D eigenvalue weighted by Gasteiger charge is 2.27. The number of methoxy groups -OCH3 is 1. The van der Waals surface area contributed by atoms with Crippen molar-refractivity contribution in [2.45, 2.75) is 6.42 Å². The van der Waals surface area contributed by atoms with Crippen molar-refractivity contribution in [1.82, 2.24) is 4.90 Å². The average Bonchev–Trinajstić information content (AvgIpc) is 2.43. The van der Waals surface area contributed by atoms with E-state index in [1.165, 1.54) is 0 Å². The number of rotatable bonds is 3. The van der Waals surface area contributed by atoms with Gasteiger partial charge in [0.1, 0.15) is 5.71 Å². The molecule has 1 rings (SSSR count). The normalized spacial score (nSPS) is 20.9. The molecule has 68 valence electrons. The van der Waals surface area contributed by atoms with Crippen LogP contribution < -0.4 is 0 Å². The summed E-state index contributed by atoms with van der Waals surface area (Å²) in [5.41, 5.74) is 0.242. The molecule has 1 aliphatic heterocycles. The van der Waals surface area contributed by atoms with Gasteiger partial charge in [-0.3, -0.25) is 4.79 Å². The fourth-order valence-corrected chi connectivity index (χ4v) is 1.14. The summed E-state index contributed by atoms with van der Waals surface area (Å²) in [5, 5.41) is 11.3. The standard InChI is InChI=1S/C7H12N2O3/c1-12-5-4-9-3-2-6(8-11)7(9)10/h11H,2-5H2,1H3/b8-6-. The van der Waals surface area contributed by atoms with Crippen molar-refractivity contribution < 1.29 is 14.7 Å². The zero-order valence-corrected chi connectivity index (χ0v) is 6.99. The molecule has 1 heterocycles. The lowest BCUT2D eigenvalue weighted by molar-refractivity contribution is -0.123. The first-order chi connectivity index (χ1) is 5.79. The van der Waals surface area contributed by atoms with E-state index in [1.54, 1.807) is 12.0 Å². The average molecular weight is 172 g/mol. The molecule has 0 radical (unpaired) electrons. The molecule has 0 bridgehead atoms. The molecule has 0 saturated carbocycles. The minimum absolute atomic E-state index is 0.186. The van der Waals surface area contributed by atoms with E-state index in [2.05, 4.69) is 5.16 Å². The van der Waals surface area contributed by atoms with Crippen molar-refractivity contribution in [3.63, 3.8) is 0 Å². The highest BCUT2D eigenvalue weighted by Crippen LogP contribution is 2.06. The third-order valence-corrected chi connectivity index (χ3v) is 1.84. The van der Waals surface area contributed by atoms with Crippen molar-refractivity contribution in [2.75, 3.05) is 26.8 Å². The zero-order chi connectivity index (χ0) is 8.97. The predicted octanol–water partition coefficient (Wildman–Crippen LogP) is -0.305. The van der Waals surface area contributed by atoms with E-state index in [4.69, 9.17) is 9.94 Å². The molecule has 0 aromatic heterocycles. The molecule has 0 atom stereocenters. The van der Waals surface area contributed by atoms with Gasteiger partial charge in [-0.05, 0) is 0 Å². The van der Waals surface area contributed by atoms with Gasteiger partial charge in [0.25, 0.3) is 5.91 Å². The van der Waals surface area contributed by atoms with E-state index in [1.807, 2.05) is 0 Å². The SMILES string of the molecule is COCCN1CC/C(=N/O)C1=O. The third kappa shape index (κ3) is 1.73. The van der Waals surface area contributed by atoms with E-state index in [-0.39, 0.29) is 11.6 Å². The van der Waals surface area contributed by atoms with E-state index < -0.39 is 0 Å². The predicted molar refractivity (Wildman–Crippen MR) is 42.3 cm³/mol. The number of likely N-dealkylation sites (tertiary alicyclic amines) is 1. The summed E-state index contributed by atoms with van der Waals surface area (Å²) in [6.45, 7) is 1.71. The Kier molecular flexibility index (Phi) is 3.04. The Balaban J connectivity index is 2.44. The molecule has 1 fully saturated rings. The summed E-state index contributed by atoms with van der Waals surface area (Å²) in [6.07, 6.45) is 0.527. The largest absolute Gasteiger partial charge is 0.410 e. The van der Waals surface area contributed by atoms with Gasteiger partial charge in [0, 0.05) is 26.6 Å². The quantitative estimate of drug-likeness (QED) is 0.469. The molecule has 0 unspecified atom stereocenters. The minimum Gasteiger partial charge on any atom is -0.410 e. The maximum atomic E-state index is 11.2. The van der Waals surface area contributed by atoms with Crippen LogP contribution in [0, 0.1) is 0 Å². The van der Waals surface area contributed by atoms with Gasteiger partial charge in [-0.15, -0.1) is 0 Å². The maximum absolute atomic E-state index is 11.2. The van der Waals surface area contributed by atoms with Gasteiger partial charge in [0.05, 0.1) is 6.61 Å². The molecule has 1 N–H and O–H groups in total. The lowest BCUT2D eigenvalue weighted by Crippen LogP contribution is -2.30. The number of ether oxygens (including phenoxy) is 1. The maximum Gasteiger partial charge on any atom is 0.271 e. The number of hydrogen-bond donors (Lipinski definition) is 1. The highest BCUT2D eigenvalue weighted by molar-refractivity contribution is 6.40.